The third-order valence-corrected chi connectivity index (χ3v) is 4.92. The number of anilines is 1. The number of aromatic carboxylic acids is 1. The molecule has 6 nitrogen and oxygen atoms in total. The molecule has 7 heteroatoms. The van der Waals surface area contributed by atoms with Gasteiger partial charge in [0.15, 0.2) is 0 Å². The Labute approximate surface area is 166 Å². The Morgan fingerprint density at radius 1 is 1.14 bits per heavy atom. The minimum atomic E-state index is -1.07. The molecule has 2 aromatic rings. The summed E-state index contributed by atoms with van der Waals surface area (Å²) < 4.78 is 5.23. The average molecular weight is 397 g/mol. The van der Waals surface area contributed by atoms with E-state index in [1.165, 1.54) is 6.07 Å². The molecule has 0 atom stereocenters. The maximum Gasteiger partial charge on any atom is 0.412 e. The predicted octanol–water partition coefficient (Wildman–Crippen LogP) is 5.06. The number of nitrogens with one attached hydrogen (secondary N) is 1. The number of ether oxygens (including phenoxy) is 1. The first-order valence-corrected chi connectivity index (χ1v) is 9.36. The molecule has 1 aliphatic rings. The van der Waals surface area contributed by atoms with Crippen LogP contribution in [-0.2, 0) is 4.74 Å². The van der Waals surface area contributed by atoms with Crippen LogP contribution >= 0.6 is 11.8 Å². The fourth-order valence-electron chi connectivity index (χ4n) is 2.66. The smallest absolute Gasteiger partial charge is 0.412 e. The molecule has 0 aliphatic carbocycles. The van der Waals surface area contributed by atoms with Crippen LogP contribution in [0.1, 0.15) is 47.1 Å². The summed E-state index contributed by atoms with van der Waals surface area (Å²) >= 11 is 1.14. The van der Waals surface area contributed by atoms with Crippen molar-refractivity contribution in [1.29, 1.82) is 0 Å². The Hall–Kier alpha value is -3.06. The maximum atomic E-state index is 12.6. The molecule has 0 saturated carbocycles. The number of carbonyl (C=O) groups excluding carboxylic acids is 2. The van der Waals surface area contributed by atoms with Gasteiger partial charge in [-0.25, -0.2) is 9.59 Å². The lowest BCUT2D eigenvalue weighted by Crippen LogP contribution is -2.27. The molecule has 2 N–H and O–H groups in total. The molecule has 3 rings (SSSR count). The second-order valence-corrected chi connectivity index (χ2v) is 8.23. The Kier molecular flexibility index (Phi) is 5.29. The van der Waals surface area contributed by atoms with Gasteiger partial charge in [-0.05, 0) is 56.7 Å². The normalized spacial score (nSPS) is 14.7. The van der Waals surface area contributed by atoms with Crippen LogP contribution in [0.4, 0.5) is 10.5 Å². The molecule has 1 amide bonds. The van der Waals surface area contributed by atoms with Crippen LogP contribution in [0.3, 0.4) is 0 Å². The molecular formula is C21H19NO5S. The quantitative estimate of drug-likeness (QED) is 0.703. The number of benzene rings is 2. The molecular weight excluding hydrogens is 378 g/mol. The van der Waals surface area contributed by atoms with E-state index < -0.39 is 17.7 Å². The topological polar surface area (TPSA) is 92.7 Å². The third-order valence-electron chi connectivity index (χ3n) is 3.76. The standard InChI is InChI=1S/C21H19NO5S/c1-21(2,3)27-20(26)22-13-7-4-6-12(10-13)11-16-17(23)14-8-5-9-15(19(24)25)18(14)28-16/h4-11H,1-3H3,(H,22,26)(H,24,25)/b16-11+. The zero-order valence-electron chi connectivity index (χ0n) is 15.6. The zero-order valence-corrected chi connectivity index (χ0v) is 16.4. The van der Waals surface area contributed by atoms with E-state index in [1.807, 2.05) is 0 Å². The number of fused-ring (bicyclic) bond motifs is 1. The number of rotatable bonds is 3. The number of Topliss-reactive ketones (excluding diaryl/α,β-unsaturated/α-hetero) is 1. The van der Waals surface area contributed by atoms with Gasteiger partial charge in [-0.1, -0.05) is 30.0 Å². The first-order chi connectivity index (χ1) is 13.1. The first kappa shape index (κ1) is 19.7. The number of allylic oxidation sites excluding steroid dienone is 1. The highest BCUT2D eigenvalue weighted by atomic mass is 32.2. The highest BCUT2D eigenvalue weighted by molar-refractivity contribution is 8.05. The Morgan fingerprint density at radius 3 is 2.54 bits per heavy atom. The van der Waals surface area contributed by atoms with Crippen molar-refractivity contribution in [2.24, 2.45) is 0 Å². The molecule has 0 unspecified atom stereocenters. The van der Waals surface area contributed by atoms with Crippen molar-refractivity contribution < 1.29 is 24.2 Å². The summed E-state index contributed by atoms with van der Waals surface area (Å²) in [7, 11) is 0. The largest absolute Gasteiger partial charge is 0.478 e. The lowest BCUT2D eigenvalue weighted by molar-refractivity contribution is 0.0633. The van der Waals surface area contributed by atoms with Crippen LogP contribution in [0, 0.1) is 0 Å². The van der Waals surface area contributed by atoms with Gasteiger partial charge in [0.05, 0.1) is 10.5 Å². The van der Waals surface area contributed by atoms with Crippen molar-refractivity contribution in [3.8, 4) is 0 Å². The summed E-state index contributed by atoms with van der Waals surface area (Å²) in [5, 5.41) is 12.0. The van der Waals surface area contributed by atoms with Crippen molar-refractivity contribution in [3.05, 3.63) is 64.1 Å². The average Bonchev–Trinajstić information content (AvgIpc) is 2.89. The SMILES string of the molecule is CC(C)(C)OC(=O)Nc1cccc(/C=C2/Sc3c(C(=O)O)cccc3C2=O)c1. The number of thioether (sulfide) groups is 1. The lowest BCUT2D eigenvalue weighted by Gasteiger charge is -2.19. The minimum Gasteiger partial charge on any atom is -0.478 e. The number of carbonyl (C=O) groups is 3. The van der Waals surface area contributed by atoms with Gasteiger partial charge in [0.25, 0.3) is 0 Å². The van der Waals surface area contributed by atoms with Crippen molar-refractivity contribution in [2.75, 3.05) is 5.32 Å². The van der Waals surface area contributed by atoms with Gasteiger partial charge in [0.1, 0.15) is 5.60 Å². The van der Waals surface area contributed by atoms with E-state index in [0.717, 1.165) is 11.8 Å². The minimum absolute atomic E-state index is 0.111. The zero-order chi connectivity index (χ0) is 20.5. The molecule has 1 heterocycles. The second kappa shape index (κ2) is 7.52. The van der Waals surface area contributed by atoms with Gasteiger partial charge in [-0.15, -0.1) is 0 Å². The second-order valence-electron chi connectivity index (χ2n) is 7.18. The number of hydrogen-bond acceptors (Lipinski definition) is 5. The molecule has 0 aromatic heterocycles. The van der Waals surface area contributed by atoms with Gasteiger partial charge in [0, 0.05) is 16.1 Å². The van der Waals surface area contributed by atoms with Crippen LogP contribution in [0.5, 0.6) is 0 Å². The van der Waals surface area contributed by atoms with Gasteiger partial charge in [-0.3, -0.25) is 10.1 Å². The molecule has 144 valence electrons. The van der Waals surface area contributed by atoms with Crippen molar-refractivity contribution in [2.45, 2.75) is 31.3 Å². The van der Waals surface area contributed by atoms with E-state index in [2.05, 4.69) is 5.32 Å². The van der Waals surface area contributed by atoms with Crippen LogP contribution in [-0.4, -0.2) is 28.6 Å². The lowest BCUT2D eigenvalue weighted by atomic mass is 10.1. The monoisotopic (exact) mass is 397 g/mol. The molecule has 0 radical (unpaired) electrons. The van der Waals surface area contributed by atoms with E-state index in [0.29, 0.717) is 26.6 Å². The van der Waals surface area contributed by atoms with E-state index >= 15 is 0 Å². The van der Waals surface area contributed by atoms with Crippen LogP contribution < -0.4 is 5.32 Å². The van der Waals surface area contributed by atoms with Crippen molar-refractivity contribution >= 4 is 41.4 Å². The number of carboxylic acid groups (broad SMARTS) is 1. The first-order valence-electron chi connectivity index (χ1n) is 8.55. The van der Waals surface area contributed by atoms with E-state index in [4.69, 9.17) is 4.74 Å². The molecule has 28 heavy (non-hydrogen) atoms. The van der Waals surface area contributed by atoms with E-state index in [9.17, 15) is 19.5 Å². The van der Waals surface area contributed by atoms with Crippen molar-refractivity contribution in [3.63, 3.8) is 0 Å². The molecule has 0 saturated heterocycles. The third kappa shape index (κ3) is 4.43. The summed E-state index contributed by atoms with van der Waals surface area (Å²) in [4.78, 5) is 36.8. The number of amides is 1. The van der Waals surface area contributed by atoms with Crippen molar-refractivity contribution in [1.82, 2.24) is 0 Å². The van der Waals surface area contributed by atoms with Gasteiger partial charge in [-0.2, -0.15) is 0 Å². The molecule has 0 fully saturated rings. The van der Waals surface area contributed by atoms with Gasteiger partial charge in [0.2, 0.25) is 5.78 Å². The highest BCUT2D eigenvalue weighted by Crippen LogP contribution is 2.43. The Morgan fingerprint density at radius 2 is 1.86 bits per heavy atom. The summed E-state index contributed by atoms with van der Waals surface area (Å²) in [5.41, 5.74) is 1.13. The summed E-state index contributed by atoms with van der Waals surface area (Å²) in [6.45, 7) is 5.33. The molecule has 1 aliphatic heterocycles. The molecule has 0 spiro atoms. The summed E-state index contributed by atoms with van der Waals surface area (Å²) in [6.07, 6.45) is 1.11. The highest BCUT2D eigenvalue weighted by Gasteiger charge is 2.29. The number of hydrogen-bond donors (Lipinski definition) is 2. The fraction of sp³-hybridized carbons (Fsp3) is 0.190. The summed E-state index contributed by atoms with van der Waals surface area (Å²) in [5.74, 6) is -1.28. The number of ketones is 1. The maximum absolute atomic E-state index is 12.6. The Bertz CT molecular complexity index is 1000. The fourth-order valence-corrected chi connectivity index (χ4v) is 3.81. The van der Waals surface area contributed by atoms with Crippen LogP contribution in [0.2, 0.25) is 0 Å². The van der Waals surface area contributed by atoms with E-state index in [1.54, 1.807) is 63.2 Å². The summed E-state index contributed by atoms with van der Waals surface area (Å²) in [6, 6.07) is 11.6. The molecule has 2 aromatic carbocycles. The van der Waals surface area contributed by atoms with Gasteiger partial charge < -0.3 is 9.84 Å². The van der Waals surface area contributed by atoms with E-state index in [-0.39, 0.29) is 11.3 Å². The Balaban J connectivity index is 1.83. The van der Waals surface area contributed by atoms with Crippen LogP contribution in [0.15, 0.2) is 52.3 Å². The van der Waals surface area contributed by atoms with Crippen LogP contribution in [0.25, 0.3) is 6.08 Å². The molecule has 0 bridgehead atoms. The number of carboxylic acids is 1. The predicted molar refractivity (Wildman–Crippen MR) is 108 cm³/mol. The van der Waals surface area contributed by atoms with Gasteiger partial charge >= 0.3 is 12.1 Å².